The van der Waals surface area contributed by atoms with Crippen LogP contribution in [0.4, 0.5) is 10.1 Å². The number of halogens is 1. The van der Waals surface area contributed by atoms with Gasteiger partial charge >= 0.3 is 0 Å². The fraction of sp³-hybridized carbons (Fsp3) is 0.353. The number of benzene rings is 1. The Kier molecular flexibility index (Phi) is 5.68. The first kappa shape index (κ1) is 17.7. The van der Waals surface area contributed by atoms with E-state index < -0.39 is 11.7 Å². The fourth-order valence-corrected chi connectivity index (χ4v) is 2.05. The first-order chi connectivity index (χ1) is 11.4. The molecule has 2 amide bonds. The summed E-state index contributed by atoms with van der Waals surface area (Å²) in [6, 6.07) is 5.35. The summed E-state index contributed by atoms with van der Waals surface area (Å²) in [5, 5.41) is 9.59. The second-order valence-electron chi connectivity index (χ2n) is 5.82. The van der Waals surface area contributed by atoms with Crippen LogP contribution >= 0.6 is 0 Å². The second-order valence-corrected chi connectivity index (χ2v) is 5.82. The van der Waals surface area contributed by atoms with E-state index in [-0.39, 0.29) is 17.2 Å². The number of amides is 2. The van der Waals surface area contributed by atoms with Crippen LogP contribution in [0.15, 0.2) is 30.5 Å². The predicted molar refractivity (Wildman–Crippen MR) is 89.4 cm³/mol. The van der Waals surface area contributed by atoms with E-state index in [4.69, 9.17) is 0 Å². The number of aryl methyl sites for hydroxylation is 1. The second kappa shape index (κ2) is 7.72. The molecule has 0 fully saturated rings. The largest absolute Gasteiger partial charge is 0.350 e. The number of carbonyl (C=O) groups excluding carboxylic acids is 2. The zero-order valence-corrected chi connectivity index (χ0v) is 14.0. The normalized spacial score (nSPS) is 10.7. The predicted octanol–water partition coefficient (Wildman–Crippen LogP) is 2.68. The SMILES string of the molecule is CCn1cc(NC(=O)c2cccc(F)c2)c(C(=O)NCC(C)C)n1. The van der Waals surface area contributed by atoms with Crippen LogP contribution in [-0.2, 0) is 6.54 Å². The minimum Gasteiger partial charge on any atom is -0.350 e. The highest BCUT2D eigenvalue weighted by molar-refractivity contribution is 6.08. The first-order valence-electron chi connectivity index (χ1n) is 7.83. The van der Waals surface area contributed by atoms with Crippen LogP contribution in [-0.4, -0.2) is 28.1 Å². The van der Waals surface area contributed by atoms with Crippen molar-refractivity contribution in [2.24, 2.45) is 5.92 Å². The molecule has 1 aromatic heterocycles. The molecular weight excluding hydrogens is 311 g/mol. The van der Waals surface area contributed by atoms with Gasteiger partial charge in [-0.25, -0.2) is 4.39 Å². The molecule has 0 saturated heterocycles. The number of hydrogen-bond donors (Lipinski definition) is 2. The lowest BCUT2D eigenvalue weighted by Gasteiger charge is -2.08. The third kappa shape index (κ3) is 4.41. The smallest absolute Gasteiger partial charge is 0.273 e. The average molecular weight is 332 g/mol. The van der Waals surface area contributed by atoms with Gasteiger partial charge in [0.05, 0.1) is 5.69 Å². The summed E-state index contributed by atoms with van der Waals surface area (Å²) in [4.78, 5) is 24.5. The number of rotatable bonds is 6. The molecule has 2 N–H and O–H groups in total. The van der Waals surface area contributed by atoms with Crippen molar-refractivity contribution in [3.63, 3.8) is 0 Å². The van der Waals surface area contributed by atoms with E-state index in [1.165, 1.54) is 18.2 Å². The maximum atomic E-state index is 13.2. The van der Waals surface area contributed by atoms with Gasteiger partial charge in [-0.3, -0.25) is 14.3 Å². The Morgan fingerprint density at radius 1 is 1.29 bits per heavy atom. The van der Waals surface area contributed by atoms with Gasteiger partial charge in [0.1, 0.15) is 5.82 Å². The first-order valence-corrected chi connectivity index (χ1v) is 7.83. The van der Waals surface area contributed by atoms with Gasteiger partial charge in [-0.1, -0.05) is 19.9 Å². The molecule has 0 radical (unpaired) electrons. The molecule has 6 nitrogen and oxygen atoms in total. The monoisotopic (exact) mass is 332 g/mol. The lowest BCUT2D eigenvalue weighted by Crippen LogP contribution is -2.28. The quantitative estimate of drug-likeness (QED) is 0.854. The Morgan fingerprint density at radius 2 is 2.04 bits per heavy atom. The van der Waals surface area contributed by atoms with Crippen molar-refractivity contribution in [3.8, 4) is 0 Å². The highest BCUT2D eigenvalue weighted by Crippen LogP contribution is 2.16. The molecule has 0 bridgehead atoms. The third-order valence-corrected chi connectivity index (χ3v) is 3.31. The van der Waals surface area contributed by atoms with E-state index in [1.807, 2.05) is 20.8 Å². The molecule has 0 unspecified atom stereocenters. The zero-order valence-electron chi connectivity index (χ0n) is 14.0. The standard InChI is InChI=1S/C17H21FN4O2/c1-4-22-10-14(15(21-22)17(24)19-9-11(2)3)20-16(23)12-6-5-7-13(18)8-12/h5-8,10-11H,4,9H2,1-3H3,(H,19,24)(H,20,23). The Hall–Kier alpha value is -2.70. The minimum absolute atomic E-state index is 0.141. The maximum absolute atomic E-state index is 13.2. The van der Waals surface area contributed by atoms with Crippen LogP contribution in [0.3, 0.4) is 0 Å². The molecule has 0 saturated carbocycles. The molecule has 0 atom stereocenters. The number of anilines is 1. The molecule has 1 heterocycles. The Morgan fingerprint density at radius 3 is 2.67 bits per heavy atom. The molecule has 0 aliphatic rings. The number of aromatic nitrogens is 2. The lowest BCUT2D eigenvalue weighted by molar-refractivity contribution is 0.0944. The van der Waals surface area contributed by atoms with Gasteiger partial charge in [0, 0.05) is 24.8 Å². The van der Waals surface area contributed by atoms with Gasteiger partial charge in [0.2, 0.25) is 0 Å². The summed E-state index contributed by atoms with van der Waals surface area (Å²) in [7, 11) is 0. The molecule has 7 heteroatoms. The van der Waals surface area contributed by atoms with Crippen molar-refractivity contribution in [2.45, 2.75) is 27.3 Å². The minimum atomic E-state index is -0.498. The highest BCUT2D eigenvalue weighted by atomic mass is 19.1. The fourth-order valence-electron chi connectivity index (χ4n) is 2.05. The molecule has 1 aromatic carbocycles. The summed E-state index contributed by atoms with van der Waals surface area (Å²) in [5.41, 5.74) is 0.613. The molecule has 2 rings (SSSR count). The maximum Gasteiger partial charge on any atom is 0.273 e. The molecule has 128 valence electrons. The van der Waals surface area contributed by atoms with Gasteiger partial charge in [-0.15, -0.1) is 0 Å². The van der Waals surface area contributed by atoms with E-state index in [9.17, 15) is 14.0 Å². The van der Waals surface area contributed by atoms with Crippen LogP contribution < -0.4 is 10.6 Å². The molecule has 24 heavy (non-hydrogen) atoms. The van der Waals surface area contributed by atoms with Gasteiger partial charge in [0.25, 0.3) is 11.8 Å². The van der Waals surface area contributed by atoms with E-state index in [0.717, 1.165) is 6.07 Å². The van der Waals surface area contributed by atoms with Gasteiger partial charge in [-0.05, 0) is 31.0 Å². The lowest BCUT2D eigenvalue weighted by atomic mass is 10.2. The molecular formula is C17H21FN4O2. The molecule has 2 aromatic rings. The number of nitrogens with zero attached hydrogens (tertiary/aromatic N) is 2. The van der Waals surface area contributed by atoms with Crippen LogP contribution in [0.25, 0.3) is 0 Å². The number of carbonyl (C=O) groups is 2. The van der Waals surface area contributed by atoms with Crippen LogP contribution in [0, 0.1) is 11.7 Å². The topological polar surface area (TPSA) is 76.0 Å². The van der Waals surface area contributed by atoms with Gasteiger partial charge in [0.15, 0.2) is 5.69 Å². The number of hydrogen-bond acceptors (Lipinski definition) is 3. The van der Waals surface area contributed by atoms with Gasteiger partial charge in [-0.2, -0.15) is 5.10 Å². The summed E-state index contributed by atoms with van der Waals surface area (Å²) < 4.78 is 14.8. The van der Waals surface area contributed by atoms with Crippen molar-refractivity contribution in [3.05, 3.63) is 47.5 Å². The van der Waals surface area contributed by atoms with Crippen molar-refractivity contribution < 1.29 is 14.0 Å². The van der Waals surface area contributed by atoms with Gasteiger partial charge < -0.3 is 10.6 Å². The molecule has 0 aliphatic carbocycles. The summed E-state index contributed by atoms with van der Waals surface area (Å²) >= 11 is 0. The summed E-state index contributed by atoms with van der Waals surface area (Å²) in [6.07, 6.45) is 1.58. The Labute approximate surface area is 140 Å². The van der Waals surface area contributed by atoms with Crippen LogP contribution in [0.5, 0.6) is 0 Å². The summed E-state index contributed by atoms with van der Waals surface area (Å²) in [6.45, 7) is 6.91. The zero-order chi connectivity index (χ0) is 17.7. The van der Waals surface area contributed by atoms with E-state index in [1.54, 1.807) is 10.9 Å². The number of nitrogens with one attached hydrogen (secondary N) is 2. The van der Waals surface area contributed by atoms with E-state index in [2.05, 4.69) is 15.7 Å². The highest BCUT2D eigenvalue weighted by Gasteiger charge is 2.19. The van der Waals surface area contributed by atoms with Crippen molar-refractivity contribution >= 4 is 17.5 Å². The Balaban J connectivity index is 2.21. The van der Waals surface area contributed by atoms with Crippen molar-refractivity contribution in [2.75, 3.05) is 11.9 Å². The summed E-state index contributed by atoms with van der Waals surface area (Å²) in [5.74, 6) is -1.05. The van der Waals surface area contributed by atoms with E-state index in [0.29, 0.717) is 24.7 Å². The molecule has 0 aliphatic heterocycles. The van der Waals surface area contributed by atoms with Crippen molar-refractivity contribution in [1.29, 1.82) is 0 Å². The third-order valence-electron chi connectivity index (χ3n) is 3.31. The van der Waals surface area contributed by atoms with Crippen LogP contribution in [0.2, 0.25) is 0 Å². The Bertz CT molecular complexity index is 740. The van der Waals surface area contributed by atoms with Crippen LogP contribution in [0.1, 0.15) is 41.6 Å². The average Bonchev–Trinajstić information content (AvgIpc) is 2.95. The van der Waals surface area contributed by atoms with Crippen molar-refractivity contribution in [1.82, 2.24) is 15.1 Å². The molecule has 0 spiro atoms. The van der Waals surface area contributed by atoms with E-state index >= 15 is 0 Å².